The fourth-order valence-electron chi connectivity index (χ4n) is 5.08. The fourth-order valence-corrected chi connectivity index (χ4v) is 5.59. The number of carbonyl (C=O) groups excluding carboxylic acids is 2. The van der Waals surface area contributed by atoms with Gasteiger partial charge in [0.25, 0.3) is 5.91 Å². The number of carboxylic acid groups (broad SMARTS) is 1. The number of benzene rings is 3. The SMILES string of the molecule is CC(C)n1c(/C=C/[C@@H](O)C[C@@H](O)CC(=O)[O-])c(-c2ccc(F)cc2)c(-c2ccccc2)c1C(=O)Nc1ccc(S(N)(=O)=O)cc1. The molecule has 1 amide bonds. The minimum atomic E-state index is -3.94. The summed E-state index contributed by atoms with van der Waals surface area (Å²) in [5.41, 5.74) is 3.35. The van der Waals surface area contributed by atoms with Crippen LogP contribution in [0.25, 0.3) is 28.3 Å². The predicted molar refractivity (Wildman–Crippen MR) is 167 cm³/mol. The van der Waals surface area contributed by atoms with Crippen LogP contribution in [0.5, 0.6) is 0 Å². The standard InChI is InChI=1S/C33H34FN3O7S/c1-20(2)37-28(17-14-25(38)18-26(39)19-29(40)41)30(22-8-10-23(34)11-9-22)31(21-6-4-3-5-7-21)32(37)33(42)36-24-12-15-27(16-13-24)45(35,43)44/h3-17,20,25-26,38-39H,18-19H2,1-2H3,(H,36,42)(H,40,41)(H2,35,43,44)/p-1/b17-14+/t25-,26-/m1/s1. The molecule has 0 aliphatic rings. The third kappa shape index (κ3) is 8.11. The van der Waals surface area contributed by atoms with Crippen LogP contribution in [0.15, 0.2) is 89.8 Å². The second-order valence-electron chi connectivity index (χ2n) is 10.7. The summed E-state index contributed by atoms with van der Waals surface area (Å²) in [5, 5.41) is 39.6. The number of nitrogens with one attached hydrogen (secondary N) is 1. The average molecular weight is 635 g/mol. The fraction of sp³-hybridized carbons (Fsp3) is 0.212. The number of carbonyl (C=O) groups is 2. The Bertz CT molecular complexity index is 1800. The summed E-state index contributed by atoms with van der Waals surface area (Å²) >= 11 is 0. The van der Waals surface area contributed by atoms with E-state index in [2.05, 4.69) is 5.32 Å². The van der Waals surface area contributed by atoms with Gasteiger partial charge in [-0.15, -0.1) is 0 Å². The molecule has 4 rings (SSSR count). The molecule has 0 aliphatic carbocycles. The Morgan fingerprint density at radius 2 is 1.56 bits per heavy atom. The van der Waals surface area contributed by atoms with Crippen molar-refractivity contribution in [1.29, 1.82) is 0 Å². The van der Waals surface area contributed by atoms with Crippen LogP contribution in [-0.2, 0) is 14.8 Å². The van der Waals surface area contributed by atoms with E-state index in [1.165, 1.54) is 42.5 Å². The van der Waals surface area contributed by atoms with Crippen molar-refractivity contribution in [2.75, 3.05) is 5.32 Å². The number of rotatable bonds is 12. The highest BCUT2D eigenvalue weighted by Crippen LogP contribution is 2.43. The molecule has 0 unspecified atom stereocenters. The molecule has 0 bridgehead atoms. The van der Waals surface area contributed by atoms with Crippen molar-refractivity contribution in [1.82, 2.24) is 4.57 Å². The van der Waals surface area contributed by atoms with Crippen molar-refractivity contribution in [2.24, 2.45) is 5.14 Å². The molecule has 5 N–H and O–H groups in total. The summed E-state index contributed by atoms with van der Waals surface area (Å²) in [7, 11) is -3.94. The summed E-state index contributed by atoms with van der Waals surface area (Å²) in [4.78, 5) is 24.9. The predicted octanol–water partition coefficient (Wildman–Crippen LogP) is 3.71. The van der Waals surface area contributed by atoms with Gasteiger partial charge in [-0.25, -0.2) is 17.9 Å². The first-order valence-corrected chi connectivity index (χ1v) is 15.6. The molecule has 12 heteroatoms. The highest BCUT2D eigenvalue weighted by atomic mass is 32.2. The van der Waals surface area contributed by atoms with Crippen LogP contribution in [0.2, 0.25) is 0 Å². The van der Waals surface area contributed by atoms with Gasteiger partial charge in [0.1, 0.15) is 11.5 Å². The second kappa shape index (κ2) is 14.0. The van der Waals surface area contributed by atoms with Gasteiger partial charge in [-0.05, 0) is 67.4 Å². The number of sulfonamides is 1. The maximum absolute atomic E-state index is 14.1. The number of carboxylic acids is 1. The van der Waals surface area contributed by atoms with Crippen LogP contribution in [0.1, 0.15) is 48.9 Å². The van der Waals surface area contributed by atoms with E-state index >= 15 is 0 Å². The van der Waals surface area contributed by atoms with Crippen LogP contribution < -0.4 is 15.6 Å². The van der Waals surface area contributed by atoms with Crippen molar-refractivity contribution >= 4 is 33.7 Å². The molecule has 2 atom stereocenters. The molecule has 0 aliphatic heterocycles. The molecule has 0 fully saturated rings. The van der Waals surface area contributed by atoms with Crippen molar-refractivity contribution in [3.8, 4) is 22.3 Å². The Morgan fingerprint density at radius 1 is 0.956 bits per heavy atom. The molecule has 0 saturated heterocycles. The molecule has 0 spiro atoms. The smallest absolute Gasteiger partial charge is 0.272 e. The zero-order chi connectivity index (χ0) is 32.9. The first-order valence-electron chi connectivity index (χ1n) is 14.0. The summed E-state index contributed by atoms with van der Waals surface area (Å²) in [5.74, 6) is -2.44. The molecule has 1 aromatic heterocycles. The molecule has 3 aromatic carbocycles. The number of amides is 1. The summed E-state index contributed by atoms with van der Waals surface area (Å²) < 4.78 is 39.2. The number of nitrogens with zero attached hydrogens (tertiary/aromatic N) is 1. The van der Waals surface area contributed by atoms with Crippen molar-refractivity contribution in [3.63, 3.8) is 0 Å². The van der Waals surface area contributed by atoms with Crippen molar-refractivity contribution in [3.05, 3.63) is 102 Å². The lowest BCUT2D eigenvalue weighted by atomic mass is 9.94. The molecule has 236 valence electrons. The number of anilines is 1. The van der Waals surface area contributed by atoms with E-state index in [1.807, 2.05) is 44.2 Å². The molecular formula is C33H33FN3O7S-. The van der Waals surface area contributed by atoms with Crippen LogP contribution >= 0.6 is 0 Å². The number of halogens is 1. The third-order valence-corrected chi connectivity index (χ3v) is 7.93. The largest absolute Gasteiger partial charge is 0.550 e. The van der Waals surface area contributed by atoms with E-state index in [-0.39, 0.29) is 23.1 Å². The number of hydrogen-bond acceptors (Lipinski definition) is 7. The summed E-state index contributed by atoms with van der Waals surface area (Å²) in [6, 6.07) is 19.9. The van der Waals surface area contributed by atoms with Crippen LogP contribution in [0.4, 0.5) is 10.1 Å². The third-order valence-electron chi connectivity index (χ3n) is 7.00. The lowest BCUT2D eigenvalue weighted by Crippen LogP contribution is -2.29. The van der Waals surface area contributed by atoms with Gasteiger partial charge >= 0.3 is 0 Å². The Balaban J connectivity index is 1.94. The van der Waals surface area contributed by atoms with E-state index < -0.39 is 46.3 Å². The number of primary sulfonamides is 1. The topological polar surface area (TPSA) is 175 Å². The van der Waals surface area contributed by atoms with Gasteiger partial charge in [0.2, 0.25) is 10.0 Å². The van der Waals surface area contributed by atoms with Crippen molar-refractivity contribution in [2.45, 2.75) is 49.8 Å². The molecule has 1 heterocycles. The Kier molecular flexibility index (Phi) is 10.3. The van der Waals surface area contributed by atoms with Gasteiger partial charge in [0.05, 0.1) is 17.1 Å². The molecule has 45 heavy (non-hydrogen) atoms. The quantitative estimate of drug-likeness (QED) is 0.184. The maximum atomic E-state index is 14.1. The van der Waals surface area contributed by atoms with Crippen LogP contribution in [0.3, 0.4) is 0 Å². The monoisotopic (exact) mass is 634 g/mol. The normalized spacial score (nSPS) is 13.2. The van der Waals surface area contributed by atoms with Crippen LogP contribution in [0, 0.1) is 5.82 Å². The lowest BCUT2D eigenvalue weighted by molar-refractivity contribution is -0.307. The second-order valence-corrected chi connectivity index (χ2v) is 12.3. The van der Waals surface area contributed by atoms with E-state index in [9.17, 15) is 37.7 Å². The number of aliphatic hydroxyl groups excluding tert-OH is 2. The number of nitrogens with two attached hydrogens (primary N) is 1. The van der Waals surface area contributed by atoms with E-state index in [0.717, 1.165) is 0 Å². The highest BCUT2D eigenvalue weighted by Gasteiger charge is 2.29. The van der Waals surface area contributed by atoms with E-state index in [4.69, 9.17) is 5.14 Å². The number of aliphatic carboxylic acids is 1. The van der Waals surface area contributed by atoms with Gasteiger partial charge in [-0.3, -0.25) is 4.79 Å². The van der Waals surface area contributed by atoms with Crippen LogP contribution in [-0.4, -0.2) is 47.3 Å². The zero-order valence-corrected chi connectivity index (χ0v) is 25.4. The maximum Gasteiger partial charge on any atom is 0.272 e. The first kappa shape index (κ1) is 33.3. The molecule has 4 aromatic rings. The number of hydrogen-bond donors (Lipinski definition) is 4. The summed E-state index contributed by atoms with van der Waals surface area (Å²) in [6.07, 6.45) is -0.529. The minimum Gasteiger partial charge on any atom is -0.550 e. The highest BCUT2D eigenvalue weighted by molar-refractivity contribution is 7.89. The molecule has 0 radical (unpaired) electrons. The van der Waals surface area contributed by atoms with Gasteiger partial charge < -0.3 is 30.0 Å². The summed E-state index contributed by atoms with van der Waals surface area (Å²) in [6.45, 7) is 3.72. The lowest BCUT2D eigenvalue weighted by Gasteiger charge is -2.17. The first-order chi connectivity index (χ1) is 21.3. The van der Waals surface area contributed by atoms with Gasteiger partial charge in [0.15, 0.2) is 0 Å². The van der Waals surface area contributed by atoms with E-state index in [1.54, 1.807) is 22.8 Å². The molecular weight excluding hydrogens is 601 g/mol. The van der Waals surface area contributed by atoms with Gasteiger partial charge in [-0.2, -0.15) is 0 Å². The zero-order valence-electron chi connectivity index (χ0n) is 24.6. The minimum absolute atomic E-state index is 0.120. The molecule has 10 nitrogen and oxygen atoms in total. The number of aromatic nitrogens is 1. The Hall–Kier alpha value is -4.62. The Labute approximate surface area is 260 Å². The number of aliphatic hydroxyl groups is 2. The Morgan fingerprint density at radius 3 is 2.11 bits per heavy atom. The molecule has 0 saturated carbocycles. The average Bonchev–Trinajstić information content (AvgIpc) is 3.32. The van der Waals surface area contributed by atoms with Gasteiger partial charge in [0, 0.05) is 47.4 Å². The van der Waals surface area contributed by atoms with E-state index in [0.29, 0.717) is 33.6 Å². The van der Waals surface area contributed by atoms with Gasteiger partial charge in [-0.1, -0.05) is 48.5 Å². The van der Waals surface area contributed by atoms with Crippen molar-refractivity contribution < 1.29 is 37.7 Å².